The Bertz CT molecular complexity index is 829. The highest BCUT2D eigenvalue weighted by atomic mass is 19.1. The fraction of sp³-hybridized carbons (Fsp3) is 0.111. The molecule has 116 valence electrons. The lowest BCUT2D eigenvalue weighted by molar-refractivity contribution is -0.116. The topological polar surface area (TPSA) is 70.2 Å². The largest absolute Gasteiger partial charge is 0.398 e. The number of rotatable bonds is 3. The quantitative estimate of drug-likeness (QED) is 0.520. The molecule has 0 bridgehead atoms. The number of halogens is 1. The molecule has 0 radical (unpaired) electrons. The summed E-state index contributed by atoms with van der Waals surface area (Å²) in [6.07, 6.45) is 0.662. The Labute approximate surface area is 133 Å². The van der Waals surface area contributed by atoms with Crippen molar-refractivity contribution in [2.75, 3.05) is 17.2 Å². The van der Waals surface area contributed by atoms with Gasteiger partial charge in [-0.1, -0.05) is 36.9 Å². The third-order valence-electron chi connectivity index (χ3n) is 3.98. The molecule has 0 aromatic heterocycles. The highest BCUT2D eigenvalue weighted by molar-refractivity contribution is 6.15. The third-order valence-corrected chi connectivity index (χ3v) is 3.98. The smallest absolute Gasteiger partial charge is 0.286 e. The van der Waals surface area contributed by atoms with E-state index in [4.69, 9.17) is 11.1 Å². The van der Waals surface area contributed by atoms with Crippen LogP contribution in [0.1, 0.15) is 16.7 Å². The summed E-state index contributed by atoms with van der Waals surface area (Å²) in [5.41, 5.74) is 9.54. The van der Waals surface area contributed by atoms with Gasteiger partial charge in [0.1, 0.15) is 0 Å². The van der Waals surface area contributed by atoms with Crippen LogP contribution >= 0.6 is 0 Å². The van der Waals surface area contributed by atoms with Gasteiger partial charge in [0.15, 0.2) is 5.83 Å². The zero-order valence-electron chi connectivity index (χ0n) is 12.5. The number of anilines is 2. The number of amides is 1. The maximum absolute atomic E-state index is 13.2. The Morgan fingerprint density at radius 1 is 1.26 bits per heavy atom. The Kier molecular flexibility index (Phi) is 3.70. The van der Waals surface area contributed by atoms with E-state index >= 15 is 0 Å². The average molecular weight is 309 g/mol. The van der Waals surface area contributed by atoms with Gasteiger partial charge in [0.05, 0.1) is 5.71 Å². The van der Waals surface area contributed by atoms with Gasteiger partial charge in [0.2, 0.25) is 0 Å². The molecule has 0 aliphatic carbocycles. The molecule has 0 spiro atoms. The van der Waals surface area contributed by atoms with E-state index < -0.39 is 11.7 Å². The normalized spacial score (nSPS) is 12.8. The zero-order chi connectivity index (χ0) is 16.6. The van der Waals surface area contributed by atoms with Crippen molar-refractivity contribution in [3.63, 3.8) is 0 Å². The van der Waals surface area contributed by atoms with Crippen molar-refractivity contribution in [1.29, 1.82) is 5.41 Å². The number of hydrogen-bond acceptors (Lipinski definition) is 3. The third kappa shape index (κ3) is 2.61. The first-order chi connectivity index (χ1) is 11.0. The SMILES string of the molecule is C=C(F)C(=O)N1CCc2ccc(C(=N)c3ccccc3N)cc21. The van der Waals surface area contributed by atoms with Crippen molar-refractivity contribution in [2.45, 2.75) is 6.42 Å². The molecule has 0 saturated carbocycles. The van der Waals surface area contributed by atoms with Gasteiger partial charge in [0.25, 0.3) is 5.91 Å². The van der Waals surface area contributed by atoms with Crippen LogP contribution in [0.2, 0.25) is 0 Å². The first-order valence-electron chi connectivity index (χ1n) is 7.22. The number of para-hydroxylation sites is 1. The van der Waals surface area contributed by atoms with E-state index in [9.17, 15) is 9.18 Å². The molecule has 23 heavy (non-hydrogen) atoms. The second kappa shape index (κ2) is 5.68. The van der Waals surface area contributed by atoms with Gasteiger partial charge in [-0.3, -0.25) is 10.2 Å². The molecule has 0 unspecified atom stereocenters. The minimum Gasteiger partial charge on any atom is -0.398 e. The van der Waals surface area contributed by atoms with E-state index in [-0.39, 0.29) is 5.71 Å². The summed E-state index contributed by atoms with van der Waals surface area (Å²) >= 11 is 0. The van der Waals surface area contributed by atoms with E-state index in [1.54, 1.807) is 18.2 Å². The number of benzene rings is 2. The molecule has 1 aliphatic heterocycles. The summed E-state index contributed by atoms with van der Waals surface area (Å²) in [5, 5.41) is 8.36. The Morgan fingerprint density at radius 2 is 2.00 bits per heavy atom. The Hall–Kier alpha value is -2.95. The number of nitrogens with zero attached hydrogens (tertiary/aromatic N) is 1. The van der Waals surface area contributed by atoms with Gasteiger partial charge in [-0.2, -0.15) is 0 Å². The number of nitrogens with one attached hydrogen (secondary N) is 1. The van der Waals surface area contributed by atoms with Crippen LogP contribution in [-0.2, 0) is 11.2 Å². The van der Waals surface area contributed by atoms with Crippen LogP contribution in [0.25, 0.3) is 0 Å². The number of fused-ring (bicyclic) bond motifs is 1. The molecule has 4 nitrogen and oxygen atoms in total. The highest BCUT2D eigenvalue weighted by Crippen LogP contribution is 2.31. The summed E-state index contributed by atoms with van der Waals surface area (Å²) < 4.78 is 13.2. The van der Waals surface area contributed by atoms with Crippen molar-refractivity contribution in [3.8, 4) is 0 Å². The van der Waals surface area contributed by atoms with Crippen molar-refractivity contribution >= 4 is 23.0 Å². The lowest BCUT2D eigenvalue weighted by Gasteiger charge is -2.17. The molecule has 1 aliphatic rings. The van der Waals surface area contributed by atoms with Crippen LogP contribution in [0, 0.1) is 5.41 Å². The number of hydrogen-bond donors (Lipinski definition) is 2. The molecule has 2 aromatic rings. The molecule has 5 heteroatoms. The van der Waals surface area contributed by atoms with E-state index in [0.717, 1.165) is 5.56 Å². The van der Waals surface area contributed by atoms with Gasteiger partial charge in [-0.05, 0) is 24.1 Å². The molecule has 1 amide bonds. The minimum atomic E-state index is -0.981. The molecular weight excluding hydrogens is 293 g/mol. The van der Waals surface area contributed by atoms with Crippen LogP contribution < -0.4 is 10.6 Å². The standard InChI is InChI=1S/C18H16FN3O/c1-11(19)18(23)22-9-8-12-6-7-13(10-16(12)22)17(21)14-4-2-3-5-15(14)20/h2-7,10,21H,1,8-9,20H2. The number of nitrogens with two attached hydrogens (primary N) is 1. The molecule has 3 rings (SSSR count). The second-order valence-electron chi connectivity index (χ2n) is 5.42. The first-order valence-corrected chi connectivity index (χ1v) is 7.22. The maximum atomic E-state index is 13.2. The summed E-state index contributed by atoms with van der Waals surface area (Å²) in [4.78, 5) is 13.3. The molecule has 0 atom stereocenters. The van der Waals surface area contributed by atoms with Crippen molar-refractivity contribution in [1.82, 2.24) is 0 Å². The first kappa shape index (κ1) is 15.0. The summed E-state index contributed by atoms with van der Waals surface area (Å²) in [6.45, 7) is 3.49. The molecule has 2 aromatic carbocycles. The van der Waals surface area contributed by atoms with Crippen LogP contribution in [0.5, 0.6) is 0 Å². The average Bonchev–Trinajstić information content (AvgIpc) is 2.96. The summed E-state index contributed by atoms with van der Waals surface area (Å²) in [5.74, 6) is -1.71. The van der Waals surface area contributed by atoms with Crippen molar-refractivity contribution < 1.29 is 9.18 Å². The summed E-state index contributed by atoms with van der Waals surface area (Å²) in [7, 11) is 0. The highest BCUT2D eigenvalue weighted by Gasteiger charge is 2.27. The molecular formula is C18H16FN3O. The van der Waals surface area contributed by atoms with E-state index in [2.05, 4.69) is 6.58 Å². The fourth-order valence-electron chi connectivity index (χ4n) is 2.77. The van der Waals surface area contributed by atoms with Gasteiger partial charge in [0, 0.05) is 29.0 Å². The zero-order valence-corrected chi connectivity index (χ0v) is 12.5. The lowest BCUT2D eigenvalue weighted by Crippen LogP contribution is -2.29. The number of nitrogen functional groups attached to an aromatic ring is 1. The van der Waals surface area contributed by atoms with Crippen LogP contribution in [0.4, 0.5) is 15.8 Å². The van der Waals surface area contributed by atoms with E-state index in [1.807, 2.05) is 24.3 Å². The molecule has 1 heterocycles. The predicted molar refractivity (Wildman–Crippen MR) is 89.5 cm³/mol. The second-order valence-corrected chi connectivity index (χ2v) is 5.42. The van der Waals surface area contributed by atoms with Gasteiger partial charge >= 0.3 is 0 Å². The monoisotopic (exact) mass is 309 g/mol. The van der Waals surface area contributed by atoms with E-state index in [1.165, 1.54) is 4.90 Å². The van der Waals surface area contributed by atoms with Crippen LogP contribution in [-0.4, -0.2) is 18.2 Å². The van der Waals surface area contributed by atoms with Crippen molar-refractivity contribution in [2.24, 2.45) is 0 Å². The van der Waals surface area contributed by atoms with Crippen molar-refractivity contribution in [3.05, 3.63) is 71.6 Å². The maximum Gasteiger partial charge on any atom is 0.286 e. The van der Waals surface area contributed by atoms with Gasteiger partial charge < -0.3 is 10.6 Å². The lowest BCUT2D eigenvalue weighted by atomic mass is 9.99. The van der Waals surface area contributed by atoms with Gasteiger partial charge in [-0.15, -0.1) is 0 Å². The summed E-state index contributed by atoms with van der Waals surface area (Å²) in [6, 6.07) is 12.6. The van der Waals surface area contributed by atoms with E-state index in [0.29, 0.717) is 35.5 Å². The number of carbonyl (C=O) groups excluding carboxylic acids is 1. The number of carbonyl (C=O) groups is 1. The minimum absolute atomic E-state index is 0.268. The fourth-order valence-corrected chi connectivity index (χ4v) is 2.77. The Balaban J connectivity index is 2.00. The molecule has 0 fully saturated rings. The van der Waals surface area contributed by atoms with Crippen LogP contribution in [0.15, 0.2) is 54.9 Å². The Morgan fingerprint density at radius 3 is 2.70 bits per heavy atom. The predicted octanol–water partition coefficient (Wildman–Crippen LogP) is 3.06. The molecule has 3 N–H and O–H groups in total. The van der Waals surface area contributed by atoms with Gasteiger partial charge in [-0.25, -0.2) is 4.39 Å². The van der Waals surface area contributed by atoms with Crippen LogP contribution in [0.3, 0.4) is 0 Å². The molecule has 0 saturated heterocycles.